The minimum Gasteiger partial charge on any atom is -0.455 e. The lowest BCUT2D eigenvalue weighted by molar-refractivity contribution is 0.609. The van der Waals surface area contributed by atoms with Crippen LogP contribution in [0.1, 0.15) is 11.3 Å². The molecule has 1 aliphatic rings. The van der Waals surface area contributed by atoms with E-state index in [-0.39, 0.29) is 0 Å². The van der Waals surface area contributed by atoms with Gasteiger partial charge in [0.1, 0.15) is 11.3 Å². The van der Waals surface area contributed by atoms with Crippen LogP contribution in [-0.2, 0) is 0 Å². The van der Waals surface area contributed by atoms with E-state index < -0.39 is 0 Å². The van der Waals surface area contributed by atoms with Gasteiger partial charge in [0, 0.05) is 36.5 Å². The molecular formula is C57H34OS. The summed E-state index contributed by atoms with van der Waals surface area (Å²) < 4.78 is 9.37. The summed E-state index contributed by atoms with van der Waals surface area (Å²) in [6.45, 7) is 6.32. The summed E-state index contributed by atoms with van der Waals surface area (Å²) in [6, 6.07) is 63.1. The van der Waals surface area contributed by atoms with Gasteiger partial charge in [-0.15, -0.1) is 11.3 Å². The fourth-order valence-corrected chi connectivity index (χ4v) is 11.3. The molecular weight excluding hydrogens is 733 g/mol. The Bertz CT molecular complexity index is 3770. The van der Waals surface area contributed by atoms with Gasteiger partial charge in [-0.1, -0.05) is 140 Å². The molecule has 0 N–H and O–H groups in total. The van der Waals surface area contributed by atoms with Gasteiger partial charge in [-0.25, -0.2) is 0 Å². The zero-order valence-electron chi connectivity index (χ0n) is 32.3. The minimum absolute atomic E-state index is 0.806. The van der Waals surface area contributed by atoms with Crippen molar-refractivity contribution in [1.82, 2.24) is 0 Å². The number of hydrogen-bond acceptors (Lipinski definition) is 2. The highest BCUT2D eigenvalue weighted by atomic mass is 32.1. The van der Waals surface area contributed by atoms with Gasteiger partial charge >= 0.3 is 0 Å². The average molecular weight is 767 g/mol. The van der Waals surface area contributed by atoms with E-state index in [1.54, 1.807) is 0 Å². The Morgan fingerprint density at radius 3 is 1.73 bits per heavy atom. The molecule has 59 heavy (non-hydrogen) atoms. The maximum absolute atomic E-state index is 6.76. The molecule has 0 radical (unpaired) electrons. The highest BCUT2D eigenvalue weighted by Crippen LogP contribution is 2.50. The van der Waals surface area contributed by atoms with Crippen LogP contribution in [0.3, 0.4) is 0 Å². The molecule has 12 aromatic rings. The Hall–Kier alpha value is -7.26. The molecule has 10 aromatic carbocycles. The first kappa shape index (κ1) is 32.8. The summed E-state index contributed by atoms with van der Waals surface area (Å²) in [5.74, 6) is 0.806. The predicted molar refractivity (Wildman–Crippen MR) is 255 cm³/mol. The number of fused-ring (bicyclic) bond motifs is 14. The maximum Gasteiger partial charge on any atom is 0.143 e. The molecule has 0 fully saturated rings. The third-order valence-corrected chi connectivity index (χ3v) is 14.1. The van der Waals surface area contributed by atoms with Crippen LogP contribution in [0, 0.1) is 6.92 Å². The van der Waals surface area contributed by atoms with Crippen molar-refractivity contribution in [1.29, 1.82) is 0 Å². The number of hydrogen-bond donors (Lipinski definition) is 0. The van der Waals surface area contributed by atoms with Crippen molar-refractivity contribution in [3.05, 3.63) is 188 Å². The highest BCUT2D eigenvalue weighted by molar-refractivity contribution is 7.25. The first-order valence-corrected chi connectivity index (χ1v) is 21.1. The monoisotopic (exact) mass is 766 g/mol. The van der Waals surface area contributed by atoms with E-state index in [1.807, 2.05) is 17.4 Å². The van der Waals surface area contributed by atoms with Gasteiger partial charge in [-0.3, -0.25) is 0 Å². The SMILES string of the molecule is C=Cc1oc2c(ccc3c4ccc(-c5ccc6sc7ccc(-c8ccc9c%10c(cccc8%10)-c8ccccc8-9)cc7c6c5)cc4c4ccccc4c32)c1-c1ccccc1C. The first-order valence-electron chi connectivity index (χ1n) is 20.3. The predicted octanol–water partition coefficient (Wildman–Crippen LogP) is 17.0. The summed E-state index contributed by atoms with van der Waals surface area (Å²) in [5, 5.41) is 13.6. The van der Waals surface area contributed by atoms with E-state index in [9.17, 15) is 0 Å². The van der Waals surface area contributed by atoms with Crippen LogP contribution >= 0.6 is 11.3 Å². The molecule has 274 valence electrons. The molecule has 0 spiro atoms. The van der Waals surface area contributed by atoms with Crippen molar-refractivity contribution < 1.29 is 4.42 Å². The lowest BCUT2D eigenvalue weighted by Gasteiger charge is -2.13. The Kier molecular flexibility index (Phi) is 6.74. The van der Waals surface area contributed by atoms with Crippen LogP contribution in [-0.4, -0.2) is 0 Å². The molecule has 1 nitrogen and oxygen atoms in total. The summed E-state index contributed by atoms with van der Waals surface area (Å²) in [6.07, 6.45) is 1.85. The quantitative estimate of drug-likeness (QED) is 0.163. The van der Waals surface area contributed by atoms with Crippen LogP contribution in [0.15, 0.2) is 181 Å². The fourth-order valence-electron chi connectivity index (χ4n) is 10.2. The molecule has 0 aliphatic heterocycles. The molecule has 0 unspecified atom stereocenters. The molecule has 0 bridgehead atoms. The van der Waals surface area contributed by atoms with Gasteiger partial charge in [-0.05, 0) is 143 Å². The van der Waals surface area contributed by atoms with Crippen LogP contribution in [0.25, 0.3) is 136 Å². The molecule has 13 rings (SSSR count). The van der Waals surface area contributed by atoms with Gasteiger partial charge in [0.05, 0.1) is 0 Å². The lowest BCUT2D eigenvalue weighted by atomic mass is 9.90. The molecule has 1 aliphatic carbocycles. The first-order chi connectivity index (χ1) is 29.1. The van der Waals surface area contributed by atoms with Crippen LogP contribution < -0.4 is 0 Å². The molecule has 0 atom stereocenters. The number of furan rings is 1. The normalized spacial score (nSPS) is 12.2. The third kappa shape index (κ3) is 4.55. The number of benzene rings is 10. The number of rotatable bonds is 4. The third-order valence-electron chi connectivity index (χ3n) is 12.9. The van der Waals surface area contributed by atoms with E-state index in [0.29, 0.717) is 0 Å². The van der Waals surface area contributed by atoms with E-state index >= 15 is 0 Å². The Morgan fingerprint density at radius 1 is 0.407 bits per heavy atom. The molecule has 2 heterocycles. The zero-order valence-corrected chi connectivity index (χ0v) is 33.1. The van der Waals surface area contributed by atoms with E-state index in [1.165, 1.54) is 114 Å². The summed E-state index contributed by atoms with van der Waals surface area (Å²) in [5.41, 5.74) is 14.7. The molecule has 0 saturated carbocycles. The Morgan fingerprint density at radius 2 is 0.949 bits per heavy atom. The molecule has 0 amide bonds. The second kappa shape index (κ2) is 12.1. The van der Waals surface area contributed by atoms with Crippen LogP contribution in [0.5, 0.6) is 0 Å². The molecule has 2 heteroatoms. The van der Waals surface area contributed by atoms with Crippen molar-refractivity contribution in [2.24, 2.45) is 0 Å². The average Bonchev–Trinajstić information content (AvgIpc) is 3.96. The van der Waals surface area contributed by atoms with Crippen LogP contribution in [0.2, 0.25) is 0 Å². The topological polar surface area (TPSA) is 13.1 Å². The molecule has 2 aromatic heterocycles. The fraction of sp³-hybridized carbons (Fsp3) is 0.0175. The largest absolute Gasteiger partial charge is 0.455 e. The standard InChI is InChI=1S/C57H34OS/c1-3-51-55(36-12-5-4-11-32(36)2)47-26-25-46-41-22-19-33(29-48(41)40-15-8-9-16-44(40)56(46)57(47)58-51)34-20-27-52-49(30-34)50-31-35(21-28-53(50)59-52)37-23-24-45-39-14-7-6-13-38(39)43-18-10-17-42(37)54(43)45/h3-31H,1H2,2H3. The van der Waals surface area contributed by atoms with E-state index in [0.717, 1.165) is 27.7 Å². The van der Waals surface area contributed by atoms with Crippen molar-refractivity contribution in [2.45, 2.75) is 6.92 Å². The van der Waals surface area contributed by atoms with Crippen molar-refractivity contribution in [3.63, 3.8) is 0 Å². The summed E-state index contributed by atoms with van der Waals surface area (Å²) >= 11 is 1.87. The van der Waals surface area contributed by atoms with Gasteiger partial charge in [0.2, 0.25) is 0 Å². The van der Waals surface area contributed by atoms with Crippen LogP contribution in [0.4, 0.5) is 0 Å². The van der Waals surface area contributed by atoms with Gasteiger partial charge in [-0.2, -0.15) is 0 Å². The Labute approximate surface area is 344 Å². The van der Waals surface area contributed by atoms with Gasteiger partial charge in [0.25, 0.3) is 0 Å². The van der Waals surface area contributed by atoms with Crippen molar-refractivity contribution in [2.75, 3.05) is 0 Å². The zero-order chi connectivity index (χ0) is 38.9. The lowest BCUT2D eigenvalue weighted by Crippen LogP contribution is -1.86. The van der Waals surface area contributed by atoms with Crippen molar-refractivity contribution in [3.8, 4) is 55.6 Å². The highest BCUT2D eigenvalue weighted by Gasteiger charge is 2.23. The number of thiophene rings is 1. The Balaban J connectivity index is 0.973. The number of aryl methyl sites for hydroxylation is 1. The minimum atomic E-state index is 0.806. The second-order valence-corrected chi connectivity index (χ2v) is 17.1. The van der Waals surface area contributed by atoms with Crippen molar-refractivity contribution >= 4 is 91.6 Å². The molecule has 0 saturated heterocycles. The van der Waals surface area contributed by atoms with E-state index in [4.69, 9.17) is 4.42 Å². The van der Waals surface area contributed by atoms with E-state index in [2.05, 4.69) is 183 Å². The summed E-state index contributed by atoms with van der Waals surface area (Å²) in [7, 11) is 0. The van der Waals surface area contributed by atoms with Gasteiger partial charge < -0.3 is 4.42 Å². The smallest absolute Gasteiger partial charge is 0.143 e. The van der Waals surface area contributed by atoms with Gasteiger partial charge in [0.15, 0.2) is 0 Å². The summed E-state index contributed by atoms with van der Waals surface area (Å²) in [4.78, 5) is 0. The second-order valence-electron chi connectivity index (χ2n) is 16.0. The maximum atomic E-state index is 6.76.